The maximum absolute atomic E-state index is 11.7. The molecular formula is C9H12F2N4O3. The predicted molar refractivity (Wildman–Crippen MR) is 60.6 cm³/mol. The van der Waals surface area contributed by atoms with E-state index in [1.807, 2.05) is 0 Å². The summed E-state index contributed by atoms with van der Waals surface area (Å²) in [4.78, 5) is 13.6. The number of nitrogen functional groups attached to an aromatic ring is 1. The van der Waals surface area contributed by atoms with E-state index in [4.69, 9.17) is 5.73 Å². The first-order valence-corrected chi connectivity index (χ1v) is 5.01. The second-order valence-electron chi connectivity index (χ2n) is 3.25. The van der Waals surface area contributed by atoms with Gasteiger partial charge in [0.15, 0.2) is 0 Å². The summed E-state index contributed by atoms with van der Waals surface area (Å²) in [5.41, 5.74) is 5.09. The summed E-state index contributed by atoms with van der Waals surface area (Å²) in [6, 6.07) is 2.59. The summed E-state index contributed by atoms with van der Waals surface area (Å²) >= 11 is 0. The van der Waals surface area contributed by atoms with Crippen LogP contribution in [0.1, 0.15) is 0 Å². The Labute approximate surface area is 101 Å². The Morgan fingerprint density at radius 1 is 1.56 bits per heavy atom. The van der Waals surface area contributed by atoms with Crippen molar-refractivity contribution < 1.29 is 18.4 Å². The molecule has 0 saturated heterocycles. The average molecular weight is 262 g/mol. The number of anilines is 2. The van der Waals surface area contributed by atoms with Gasteiger partial charge in [0.25, 0.3) is 6.43 Å². The summed E-state index contributed by atoms with van der Waals surface area (Å²) < 4.78 is 28.1. The molecule has 1 aromatic rings. The zero-order valence-corrected chi connectivity index (χ0v) is 9.31. The molecule has 18 heavy (non-hydrogen) atoms. The highest BCUT2D eigenvalue weighted by atomic mass is 19.3. The first kappa shape index (κ1) is 14.0. The standard InChI is InChI=1S/C9H12F2N4O3/c10-7(11)5-18-4-3-13-8-2-1-6(15(16)17)9(12)14-8/h1-2,7H,3-5H2,(H3,12,13,14). The van der Waals surface area contributed by atoms with E-state index in [9.17, 15) is 18.9 Å². The third-order valence-corrected chi connectivity index (χ3v) is 1.90. The average Bonchev–Trinajstić information content (AvgIpc) is 2.27. The topological polar surface area (TPSA) is 103 Å². The number of alkyl halides is 2. The number of nitrogens with two attached hydrogens (primary N) is 1. The number of nitro groups is 1. The minimum atomic E-state index is -2.50. The van der Waals surface area contributed by atoms with Crippen LogP contribution in [0.2, 0.25) is 0 Å². The number of hydrogen-bond acceptors (Lipinski definition) is 6. The molecule has 0 atom stereocenters. The number of pyridine rings is 1. The molecule has 3 N–H and O–H groups in total. The van der Waals surface area contributed by atoms with Gasteiger partial charge in [0, 0.05) is 12.6 Å². The van der Waals surface area contributed by atoms with Gasteiger partial charge in [0.05, 0.1) is 11.5 Å². The lowest BCUT2D eigenvalue weighted by Gasteiger charge is -2.06. The second kappa shape index (κ2) is 6.64. The number of nitrogens with zero attached hydrogens (tertiary/aromatic N) is 2. The normalized spacial score (nSPS) is 10.6. The minimum absolute atomic E-state index is 0.0723. The van der Waals surface area contributed by atoms with Gasteiger partial charge in [-0.2, -0.15) is 0 Å². The lowest BCUT2D eigenvalue weighted by atomic mass is 10.4. The van der Waals surface area contributed by atoms with Crippen LogP contribution in [-0.2, 0) is 4.74 Å². The maximum Gasteiger partial charge on any atom is 0.311 e. The third-order valence-electron chi connectivity index (χ3n) is 1.90. The molecule has 0 unspecified atom stereocenters. The van der Waals surface area contributed by atoms with Crippen molar-refractivity contribution in [3.63, 3.8) is 0 Å². The highest BCUT2D eigenvalue weighted by Gasteiger charge is 2.12. The van der Waals surface area contributed by atoms with E-state index in [1.165, 1.54) is 12.1 Å². The summed E-state index contributed by atoms with van der Waals surface area (Å²) in [5.74, 6) is 0.109. The molecule has 0 aromatic carbocycles. The Balaban J connectivity index is 2.39. The molecule has 1 rings (SSSR count). The summed E-state index contributed by atoms with van der Waals surface area (Å²) in [6.45, 7) is -0.308. The van der Waals surface area contributed by atoms with Crippen LogP contribution in [0.25, 0.3) is 0 Å². The van der Waals surface area contributed by atoms with E-state index < -0.39 is 18.0 Å². The SMILES string of the molecule is Nc1nc(NCCOCC(F)F)ccc1[N+](=O)[O-]. The predicted octanol–water partition coefficient (Wildman–Crippen LogP) is 1.27. The van der Waals surface area contributed by atoms with Crippen molar-refractivity contribution >= 4 is 17.3 Å². The van der Waals surface area contributed by atoms with E-state index in [-0.39, 0.29) is 24.7 Å². The number of hydrogen-bond donors (Lipinski definition) is 2. The van der Waals surface area contributed by atoms with Gasteiger partial charge in [-0.05, 0) is 6.07 Å². The highest BCUT2D eigenvalue weighted by Crippen LogP contribution is 2.20. The lowest BCUT2D eigenvalue weighted by molar-refractivity contribution is -0.384. The number of halogens is 2. The smallest absolute Gasteiger partial charge is 0.311 e. The molecule has 0 spiro atoms. The van der Waals surface area contributed by atoms with Crippen molar-refractivity contribution in [3.8, 4) is 0 Å². The molecule has 0 fully saturated rings. The van der Waals surface area contributed by atoms with Gasteiger partial charge < -0.3 is 15.8 Å². The van der Waals surface area contributed by atoms with Gasteiger partial charge >= 0.3 is 5.69 Å². The van der Waals surface area contributed by atoms with E-state index in [0.29, 0.717) is 5.82 Å². The number of rotatable bonds is 7. The molecule has 0 bridgehead atoms. The van der Waals surface area contributed by atoms with Crippen LogP contribution in [0.4, 0.5) is 26.1 Å². The van der Waals surface area contributed by atoms with Crippen molar-refractivity contribution in [3.05, 3.63) is 22.2 Å². The first-order valence-electron chi connectivity index (χ1n) is 5.01. The number of aromatic nitrogens is 1. The summed E-state index contributed by atoms with van der Waals surface area (Å²) in [5, 5.41) is 13.2. The third kappa shape index (κ3) is 4.45. The van der Waals surface area contributed by atoms with Crippen LogP contribution in [0.5, 0.6) is 0 Å². The van der Waals surface area contributed by atoms with Crippen LogP contribution >= 0.6 is 0 Å². The van der Waals surface area contributed by atoms with Gasteiger partial charge in [-0.1, -0.05) is 0 Å². The number of ether oxygens (including phenoxy) is 1. The second-order valence-corrected chi connectivity index (χ2v) is 3.25. The Bertz CT molecular complexity index is 417. The molecule has 0 aliphatic carbocycles. The highest BCUT2D eigenvalue weighted by molar-refractivity contribution is 5.57. The zero-order valence-electron chi connectivity index (χ0n) is 9.31. The minimum Gasteiger partial charge on any atom is -0.378 e. The molecular weight excluding hydrogens is 250 g/mol. The Morgan fingerprint density at radius 2 is 2.28 bits per heavy atom. The zero-order chi connectivity index (χ0) is 13.5. The van der Waals surface area contributed by atoms with Crippen molar-refractivity contribution in [2.45, 2.75) is 6.43 Å². The van der Waals surface area contributed by atoms with E-state index in [0.717, 1.165) is 0 Å². The van der Waals surface area contributed by atoms with Crippen molar-refractivity contribution in [2.75, 3.05) is 30.8 Å². The molecule has 0 aliphatic heterocycles. The monoisotopic (exact) mass is 262 g/mol. The van der Waals surface area contributed by atoms with Crippen LogP contribution in [0.3, 0.4) is 0 Å². The van der Waals surface area contributed by atoms with Gasteiger partial charge in [0.2, 0.25) is 5.82 Å². The van der Waals surface area contributed by atoms with Gasteiger partial charge in [-0.3, -0.25) is 10.1 Å². The largest absolute Gasteiger partial charge is 0.378 e. The van der Waals surface area contributed by atoms with Gasteiger partial charge in [0.1, 0.15) is 12.4 Å². The molecule has 0 radical (unpaired) electrons. The molecule has 9 heteroatoms. The Hall–Kier alpha value is -2.03. The fourth-order valence-electron chi connectivity index (χ4n) is 1.14. The molecule has 7 nitrogen and oxygen atoms in total. The van der Waals surface area contributed by atoms with Crippen molar-refractivity contribution in [1.29, 1.82) is 0 Å². The molecule has 100 valence electrons. The van der Waals surface area contributed by atoms with Crippen molar-refractivity contribution in [1.82, 2.24) is 4.98 Å². The Morgan fingerprint density at radius 3 is 2.83 bits per heavy atom. The lowest BCUT2D eigenvalue weighted by Crippen LogP contribution is -2.14. The fraction of sp³-hybridized carbons (Fsp3) is 0.444. The molecule has 0 saturated carbocycles. The summed E-state index contributed by atoms with van der Waals surface area (Å²) in [7, 11) is 0. The van der Waals surface area contributed by atoms with Crippen LogP contribution in [-0.4, -0.2) is 36.1 Å². The Kier molecular flexibility index (Phi) is 5.18. The summed E-state index contributed by atoms with van der Waals surface area (Å²) in [6.07, 6.45) is -2.50. The van der Waals surface area contributed by atoms with Crippen LogP contribution in [0.15, 0.2) is 12.1 Å². The molecule has 0 aliphatic rings. The molecule has 1 heterocycles. The van der Waals surface area contributed by atoms with Crippen LogP contribution < -0.4 is 11.1 Å². The quantitative estimate of drug-likeness (QED) is 0.435. The number of nitrogens with one attached hydrogen (secondary N) is 1. The molecule has 1 aromatic heterocycles. The van der Waals surface area contributed by atoms with E-state index >= 15 is 0 Å². The van der Waals surface area contributed by atoms with E-state index in [2.05, 4.69) is 15.0 Å². The fourth-order valence-corrected chi connectivity index (χ4v) is 1.14. The van der Waals surface area contributed by atoms with Crippen LogP contribution in [0, 0.1) is 10.1 Å². The van der Waals surface area contributed by atoms with E-state index in [1.54, 1.807) is 0 Å². The maximum atomic E-state index is 11.7. The van der Waals surface area contributed by atoms with Gasteiger partial charge in [-0.15, -0.1) is 0 Å². The van der Waals surface area contributed by atoms with Gasteiger partial charge in [-0.25, -0.2) is 13.8 Å². The first-order chi connectivity index (χ1) is 8.50. The van der Waals surface area contributed by atoms with Crippen molar-refractivity contribution in [2.24, 2.45) is 0 Å². The molecule has 0 amide bonds.